The Morgan fingerprint density at radius 2 is 2.00 bits per heavy atom. The molecule has 0 saturated heterocycles. The van der Waals surface area contributed by atoms with Crippen LogP contribution in [0.2, 0.25) is 0 Å². The second-order valence-electron chi connectivity index (χ2n) is 4.24. The third-order valence-electron chi connectivity index (χ3n) is 2.45. The van der Waals surface area contributed by atoms with E-state index in [1.54, 1.807) is 26.2 Å². The molecular weight excluding hydrogens is 200 g/mol. The van der Waals surface area contributed by atoms with Gasteiger partial charge in [-0.25, -0.2) is 4.85 Å². The van der Waals surface area contributed by atoms with Crippen molar-refractivity contribution in [2.24, 2.45) is 0 Å². The molecule has 0 radical (unpaired) electrons. The molecule has 0 spiro atoms. The zero-order valence-corrected chi connectivity index (χ0v) is 10.1. The Morgan fingerprint density at radius 1 is 1.38 bits per heavy atom. The molecule has 0 N–H and O–H groups in total. The van der Waals surface area contributed by atoms with Crippen molar-refractivity contribution in [2.45, 2.75) is 19.8 Å². The summed E-state index contributed by atoms with van der Waals surface area (Å²) in [6.07, 6.45) is 0. The lowest BCUT2D eigenvalue weighted by Crippen LogP contribution is -2.21. The maximum absolute atomic E-state index is 11.8. The van der Waals surface area contributed by atoms with Gasteiger partial charge in [-0.2, -0.15) is 0 Å². The van der Waals surface area contributed by atoms with E-state index in [9.17, 15) is 4.79 Å². The van der Waals surface area contributed by atoms with Gasteiger partial charge in [-0.1, -0.05) is 37.6 Å². The van der Waals surface area contributed by atoms with E-state index >= 15 is 0 Å². The minimum Gasteiger partial charge on any atom is -0.346 e. The number of carbonyl (C=O) groups excluding carboxylic acids is 1. The molecule has 3 heteroatoms. The van der Waals surface area contributed by atoms with E-state index in [1.807, 2.05) is 6.07 Å². The molecule has 0 aliphatic rings. The molecule has 84 valence electrons. The highest BCUT2D eigenvalue weighted by Gasteiger charge is 2.14. The van der Waals surface area contributed by atoms with Gasteiger partial charge in [0, 0.05) is 19.7 Å². The largest absolute Gasteiger partial charge is 0.346 e. The maximum Gasteiger partial charge on any atom is 0.242 e. The van der Waals surface area contributed by atoms with Crippen molar-refractivity contribution < 1.29 is 4.79 Å². The predicted molar refractivity (Wildman–Crippen MR) is 64.8 cm³/mol. The van der Waals surface area contributed by atoms with Gasteiger partial charge in [0.25, 0.3) is 0 Å². The van der Waals surface area contributed by atoms with E-state index in [2.05, 4.69) is 18.7 Å². The number of hydrogen-bond donors (Lipinski definition) is 0. The summed E-state index contributed by atoms with van der Waals surface area (Å²) in [5.74, 6) is 0.241. The number of amides is 1. The van der Waals surface area contributed by atoms with Gasteiger partial charge in [0.2, 0.25) is 5.91 Å². The van der Waals surface area contributed by atoms with Crippen LogP contribution in [0.3, 0.4) is 0 Å². The van der Waals surface area contributed by atoms with Crippen LogP contribution >= 0.6 is 0 Å². The lowest BCUT2D eigenvalue weighted by Gasteiger charge is -2.13. The summed E-state index contributed by atoms with van der Waals surface area (Å²) in [5, 5.41) is 0. The van der Waals surface area contributed by atoms with Crippen molar-refractivity contribution in [3.05, 3.63) is 40.7 Å². The molecule has 0 atom stereocenters. The lowest BCUT2D eigenvalue weighted by molar-refractivity contribution is 0.0828. The Morgan fingerprint density at radius 3 is 2.44 bits per heavy atom. The summed E-state index contributed by atoms with van der Waals surface area (Å²) in [6, 6.07) is 5.45. The first-order chi connectivity index (χ1) is 7.47. The number of carbonyl (C=O) groups is 1. The van der Waals surface area contributed by atoms with Gasteiger partial charge in [0.1, 0.15) is 0 Å². The molecule has 1 amide bonds. The van der Waals surface area contributed by atoms with Crippen LogP contribution in [0.15, 0.2) is 18.2 Å². The molecule has 1 aromatic carbocycles. The first kappa shape index (κ1) is 12.3. The van der Waals surface area contributed by atoms with Crippen molar-refractivity contribution >= 4 is 11.6 Å². The van der Waals surface area contributed by atoms with Crippen molar-refractivity contribution in [3.8, 4) is 0 Å². The van der Waals surface area contributed by atoms with Crippen LogP contribution in [0, 0.1) is 6.57 Å². The Bertz CT molecular complexity index is 442. The Hall–Kier alpha value is -1.82. The van der Waals surface area contributed by atoms with E-state index in [1.165, 1.54) is 4.90 Å². The van der Waals surface area contributed by atoms with Gasteiger partial charge in [-0.3, -0.25) is 4.79 Å². The number of nitrogens with zero attached hydrogens (tertiary/aromatic N) is 2. The summed E-state index contributed by atoms with van der Waals surface area (Å²) < 4.78 is 0. The first-order valence-electron chi connectivity index (χ1n) is 5.20. The molecule has 0 saturated carbocycles. The predicted octanol–water partition coefficient (Wildman–Crippen LogP) is 3.06. The number of rotatable bonds is 2. The van der Waals surface area contributed by atoms with Crippen molar-refractivity contribution in [3.63, 3.8) is 0 Å². The fourth-order valence-electron chi connectivity index (χ4n) is 1.42. The van der Waals surface area contributed by atoms with Gasteiger partial charge < -0.3 is 4.90 Å². The van der Waals surface area contributed by atoms with Crippen LogP contribution in [0.1, 0.15) is 35.7 Å². The van der Waals surface area contributed by atoms with Gasteiger partial charge >= 0.3 is 0 Å². The summed E-state index contributed by atoms with van der Waals surface area (Å²) in [5.41, 5.74) is 2.00. The van der Waals surface area contributed by atoms with Crippen LogP contribution in [-0.4, -0.2) is 24.9 Å². The minimum atomic E-state index is -0.124. The van der Waals surface area contributed by atoms with Crippen molar-refractivity contribution in [1.82, 2.24) is 4.90 Å². The van der Waals surface area contributed by atoms with Crippen molar-refractivity contribution in [1.29, 1.82) is 0 Å². The second kappa shape index (κ2) is 4.80. The van der Waals surface area contributed by atoms with Gasteiger partial charge in [0.15, 0.2) is 5.69 Å². The van der Waals surface area contributed by atoms with E-state index in [0.29, 0.717) is 17.2 Å². The van der Waals surface area contributed by atoms with Crippen LogP contribution in [0.5, 0.6) is 0 Å². The van der Waals surface area contributed by atoms with Crippen molar-refractivity contribution in [2.75, 3.05) is 14.1 Å². The molecule has 1 rings (SSSR count). The average molecular weight is 216 g/mol. The van der Waals surface area contributed by atoms with Gasteiger partial charge in [-0.15, -0.1) is 0 Å². The summed E-state index contributed by atoms with van der Waals surface area (Å²) >= 11 is 0. The quantitative estimate of drug-likeness (QED) is 0.697. The number of hydrogen-bond acceptors (Lipinski definition) is 1. The van der Waals surface area contributed by atoms with Crippen LogP contribution in [0.25, 0.3) is 4.85 Å². The van der Waals surface area contributed by atoms with Gasteiger partial charge in [-0.05, 0) is 5.92 Å². The minimum absolute atomic E-state index is 0.124. The molecule has 0 heterocycles. The molecule has 3 nitrogen and oxygen atoms in total. The van der Waals surface area contributed by atoms with E-state index in [0.717, 1.165) is 5.56 Å². The van der Waals surface area contributed by atoms with E-state index in [4.69, 9.17) is 6.57 Å². The number of benzene rings is 1. The standard InChI is InChI=1S/C13H16N2O/c1-9(2)10-6-7-11(12(8-10)14-3)13(16)15(4)5/h6-9H,1-2,4-5H3. The zero-order chi connectivity index (χ0) is 12.3. The highest BCUT2D eigenvalue weighted by Crippen LogP contribution is 2.25. The Labute approximate surface area is 96.5 Å². The summed E-state index contributed by atoms with van der Waals surface area (Å²) in [4.78, 5) is 16.7. The second-order valence-corrected chi connectivity index (χ2v) is 4.24. The maximum atomic E-state index is 11.8. The van der Waals surface area contributed by atoms with Crippen LogP contribution in [-0.2, 0) is 0 Å². The zero-order valence-electron chi connectivity index (χ0n) is 10.1. The Balaban J connectivity index is 3.24. The highest BCUT2D eigenvalue weighted by atomic mass is 16.2. The molecule has 0 fully saturated rings. The van der Waals surface area contributed by atoms with E-state index < -0.39 is 0 Å². The van der Waals surface area contributed by atoms with Gasteiger partial charge in [0.05, 0.1) is 6.57 Å². The third kappa shape index (κ3) is 2.40. The average Bonchev–Trinajstić information content (AvgIpc) is 2.26. The summed E-state index contributed by atoms with van der Waals surface area (Å²) in [6.45, 7) is 11.2. The fraction of sp³-hybridized carbons (Fsp3) is 0.385. The monoisotopic (exact) mass is 216 g/mol. The molecule has 0 bridgehead atoms. The smallest absolute Gasteiger partial charge is 0.242 e. The first-order valence-corrected chi connectivity index (χ1v) is 5.20. The molecule has 0 aliphatic carbocycles. The molecule has 16 heavy (non-hydrogen) atoms. The summed E-state index contributed by atoms with van der Waals surface area (Å²) in [7, 11) is 3.37. The lowest BCUT2D eigenvalue weighted by atomic mass is 10.00. The molecule has 0 aromatic heterocycles. The molecule has 0 aliphatic heterocycles. The molecular formula is C13H16N2O. The third-order valence-corrected chi connectivity index (χ3v) is 2.45. The Kier molecular flexibility index (Phi) is 3.68. The van der Waals surface area contributed by atoms with Crippen LogP contribution < -0.4 is 0 Å². The highest BCUT2D eigenvalue weighted by molar-refractivity contribution is 5.99. The molecule has 0 unspecified atom stereocenters. The fourth-order valence-corrected chi connectivity index (χ4v) is 1.42. The SMILES string of the molecule is [C-]#[N+]c1cc(C(C)C)ccc1C(=O)N(C)C. The molecule has 1 aromatic rings. The normalized spacial score (nSPS) is 10.0. The van der Waals surface area contributed by atoms with E-state index in [-0.39, 0.29) is 5.91 Å². The van der Waals surface area contributed by atoms with Crippen LogP contribution in [0.4, 0.5) is 5.69 Å². The topological polar surface area (TPSA) is 24.7 Å².